The summed E-state index contributed by atoms with van der Waals surface area (Å²) in [5.74, 6) is 1.58. The highest BCUT2D eigenvalue weighted by molar-refractivity contribution is 9.10. The van der Waals surface area contributed by atoms with Crippen LogP contribution in [0.25, 0.3) is 11.3 Å². The lowest BCUT2D eigenvalue weighted by Crippen LogP contribution is -2.47. The molecule has 4 rings (SSSR count). The van der Waals surface area contributed by atoms with Crippen LogP contribution in [0.5, 0.6) is 0 Å². The lowest BCUT2D eigenvalue weighted by atomic mass is 10.2. The van der Waals surface area contributed by atoms with Crippen LogP contribution in [-0.2, 0) is 7.05 Å². The smallest absolute Gasteiger partial charge is 0.147 e. The van der Waals surface area contributed by atoms with Gasteiger partial charge in [-0.3, -0.25) is 9.67 Å². The molecule has 0 unspecified atom stereocenters. The highest BCUT2D eigenvalue weighted by atomic mass is 79.9. The van der Waals surface area contributed by atoms with Gasteiger partial charge in [0.2, 0.25) is 0 Å². The van der Waals surface area contributed by atoms with Crippen molar-refractivity contribution in [2.75, 3.05) is 36.0 Å². The van der Waals surface area contributed by atoms with Crippen LogP contribution >= 0.6 is 15.9 Å². The first kappa shape index (κ1) is 17.4. The fraction of sp³-hybridized carbons (Fsp3) is 0.278. The van der Waals surface area contributed by atoms with Crippen LogP contribution in [0.3, 0.4) is 0 Å². The Bertz CT molecular complexity index is 1000. The molecule has 8 nitrogen and oxygen atoms in total. The van der Waals surface area contributed by atoms with Gasteiger partial charge in [-0.2, -0.15) is 10.4 Å². The van der Waals surface area contributed by atoms with Crippen molar-refractivity contribution in [1.82, 2.24) is 24.7 Å². The first-order chi connectivity index (χ1) is 13.1. The fourth-order valence-electron chi connectivity index (χ4n) is 3.11. The van der Waals surface area contributed by atoms with E-state index in [1.165, 1.54) is 0 Å². The van der Waals surface area contributed by atoms with E-state index in [4.69, 9.17) is 4.98 Å². The second-order valence-electron chi connectivity index (χ2n) is 6.28. The highest BCUT2D eigenvalue weighted by Gasteiger charge is 2.22. The molecule has 0 spiro atoms. The summed E-state index contributed by atoms with van der Waals surface area (Å²) >= 11 is 3.37. The van der Waals surface area contributed by atoms with Gasteiger partial charge in [0.25, 0.3) is 0 Å². The summed E-state index contributed by atoms with van der Waals surface area (Å²) in [4.78, 5) is 17.9. The Morgan fingerprint density at radius 2 is 1.85 bits per heavy atom. The molecule has 4 heterocycles. The second kappa shape index (κ2) is 7.32. The van der Waals surface area contributed by atoms with Crippen LogP contribution < -0.4 is 9.80 Å². The van der Waals surface area contributed by atoms with E-state index in [1.54, 1.807) is 35.5 Å². The Morgan fingerprint density at radius 3 is 2.56 bits per heavy atom. The molecule has 1 aliphatic rings. The van der Waals surface area contributed by atoms with Crippen LogP contribution in [0, 0.1) is 11.3 Å². The molecule has 0 radical (unpaired) electrons. The molecule has 0 saturated carbocycles. The number of rotatable bonds is 3. The van der Waals surface area contributed by atoms with Crippen molar-refractivity contribution < 1.29 is 0 Å². The normalized spacial score (nSPS) is 14.3. The number of aryl methyl sites for hydroxylation is 1. The third kappa shape index (κ3) is 3.61. The lowest BCUT2D eigenvalue weighted by Gasteiger charge is -2.36. The van der Waals surface area contributed by atoms with Crippen molar-refractivity contribution in [2.45, 2.75) is 0 Å². The van der Waals surface area contributed by atoms with E-state index in [0.29, 0.717) is 5.56 Å². The predicted octanol–water partition coefficient (Wildman–Crippen LogP) is 2.23. The number of hydrogen-bond acceptors (Lipinski definition) is 7. The first-order valence-electron chi connectivity index (χ1n) is 8.50. The summed E-state index contributed by atoms with van der Waals surface area (Å²) in [5, 5.41) is 13.6. The van der Waals surface area contributed by atoms with E-state index in [0.717, 1.165) is 53.5 Å². The van der Waals surface area contributed by atoms with Gasteiger partial charge in [-0.05, 0) is 22.0 Å². The minimum absolute atomic E-state index is 0.580. The summed E-state index contributed by atoms with van der Waals surface area (Å²) < 4.78 is 2.56. The SMILES string of the molecule is Cn1cc(-c2cncc(N3CCN(c4ncc(Br)cc4C#N)CC3)n2)cn1. The van der Waals surface area contributed by atoms with Crippen LogP contribution in [0.2, 0.25) is 0 Å². The van der Waals surface area contributed by atoms with Crippen LogP contribution in [0.4, 0.5) is 11.6 Å². The van der Waals surface area contributed by atoms with Crippen LogP contribution in [0.15, 0.2) is 41.5 Å². The van der Waals surface area contributed by atoms with Crippen molar-refractivity contribution in [3.63, 3.8) is 0 Å². The van der Waals surface area contributed by atoms with Crippen LogP contribution in [-0.4, -0.2) is 50.9 Å². The van der Waals surface area contributed by atoms with E-state index in [1.807, 2.05) is 13.2 Å². The number of aromatic nitrogens is 5. The summed E-state index contributed by atoms with van der Waals surface area (Å²) in [6.07, 6.45) is 8.98. The first-order valence-corrected chi connectivity index (χ1v) is 9.30. The summed E-state index contributed by atoms with van der Waals surface area (Å²) in [5.41, 5.74) is 2.34. The fourth-order valence-corrected chi connectivity index (χ4v) is 3.45. The number of nitriles is 1. The van der Waals surface area contributed by atoms with E-state index in [2.05, 4.69) is 46.9 Å². The number of nitrogens with zero attached hydrogens (tertiary/aromatic N) is 8. The Balaban J connectivity index is 1.49. The number of piperazine rings is 1. The average molecular weight is 425 g/mol. The molecule has 136 valence electrons. The topological polar surface area (TPSA) is 86.8 Å². The third-order valence-electron chi connectivity index (χ3n) is 4.48. The minimum atomic E-state index is 0.580. The summed E-state index contributed by atoms with van der Waals surface area (Å²) in [6.45, 7) is 3.10. The van der Waals surface area contributed by atoms with Gasteiger partial charge in [0.1, 0.15) is 17.7 Å². The maximum absolute atomic E-state index is 9.37. The van der Waals surface area contributed by atoms with Crippen molar-refractivity contribution in [2.24, 2.45) is 7.05 Å². The number of anilines is 2. The molecule has 1 saturated heterocycles. The number of pyridine rings is 1. The largest absolute Gasteiger partial charge is 0.352 e. The second-order valence-corrected chi connectivity index (χ2v) is 7.19. The van der Waals surface area contributed by atoms with Gasteiger partial charge in [0, 0.05) is 55.7 Å². The summed E-state index contributed by atoms with van der Waals surface area (Å²) in [7, 11) is 1.88. The molecule has 3 aromatic rings. The Hall–Kier alpha value is -2.99. The molecule has 9 heteroatoms. The van der Waals surface area contributed by atoms with E-state index < -0.39 is 0 Å². The van der Waals surface area contributed by atoms with Gasteiger partial charge in [0.15, 0.2) is 0 Å². The zero-order chi connectivity index (χ0) is 18.8. The zero-order valence-electron chi connectivity index (χ0n) is 14.7. The standard InChI is InChI=1S/C18H17BrN8/c1-25-12-14(8-23-25)16-10-21-11-17(24-16)26-2-4-27(5-3-26)18-13(7-20)6-15(19)9-22-18/h6,8-12H,2-5H2,1H3. The molecular weight excluding hydrogens is 408 g/mol. The van der Waals surface area contributed by atoms with Gasteiger partial charge in [-0.1, -0.05) is 0 Å². The van der Waals surface area contributed by atoms with Gasteiger partial charge in [-0.15, -0.1) is 0 Å². The number of hydrogen-bond donors (Lipinski definition) is 0. The quantitative estimate of drug-likeness (QED) is 0.636. The average Bonchev–Trinajstić information content (AvgIpc) is 3.14. The summed E-state index contributed by atoms with van der Waals surface area (Å²) in [6, 6.07) is 4.03. The Labute approximate surface area is 165 Å². The van der Waals surface area contributed by atoms with Crippen molar-refractivity contribution in [3.8, 4) is 17.3 Å². The molecule has 3 aromatic heterocycles. The Morgan fingerprint density at radius 1 is 1.07 bits per heavy atom. The van der Waals surface area contributed by atoms with Crippen molar-refractivity contribution in [1.29, 1.82) is 5.26 Å². The van der Waals surface area contributed by atoms with Crippen molar-refractivity contribution >= 4 is 27.6 Å². The molecular formula is C18H17BrN8. The van der Waals surface area contributed by atoms with E-state index in [9.17, 15) is 5.26 Å². The van der Waals surface area contributed by atoms with Gasteiger partial charge in [0.05, 0.1) is 29.8 Å². The third-order valence-corrected chi connectivity index (χ3v) is 4.91. The molecule has 1 fully saturated rings. The zero-order valence-corrected chi connectivity index (χ0v) is 16.3. The van der Waals surface area contributed by atoms with Crippen LogP contribution in [0.1, 0.15) is 5.56 Å². The molecule has 0 N–H and O–H groups in total. The predicted molar refractivity (Wildman–Crippen MR) is 105 cm³/mol. The highest BCUT2D eigenvalue weighted by Crippen LogP contribution is 2.24. The molecule has 27 heavy (non-hydrogen) atoms. The molecule has 1 aliphatic heterocycles. The van der Waals surface area contributed by atoms with Gasteiger partial charge < -0.3 is 9.80 Å². The van der Waals surface area contributed by atoms with Gasteiger partial charge >= 0.3 is 0 Å². The molecule has 0 aromatic carbocycles. The molecule has 0 amide bonds. The monoisotopic (exact) mass is 424 g/mol. The Kier molecular flexibility index (Phi) is 4.73. The van der Waals surface area contributed by atoms with Gasteiger partial charge in [-0.25, -0.2) is 9.97 Å². The maximum Gasteiger partial charge on any atom is 0.147 e. The molecule has 0 aliphatic carbocycles. The molecule has 0 atom stereocenters. The van der Waals surface area contributed by atoms with E-state index in [-0.39, 0.29) is 0 Å². The maximum atomic E-state index is 9.37. The van der Waals surface area contributed by atoms with E-state index >= 15 is 0 Å². The van der Waals surface area contributed by atoms with Crippen molar-refractivity contribution in [3.05, 3.63) is 47.1 Å². The minimum Gasteiger partial charge on any atom is -0.352 e. The molecule has 0 bridgehead atoms. The number of halogens is 1. The lowest BCUT2D eigenvalue weighted by molar-refractivity contribution is 0.640.